The van der Waals surface area contributed by atoms with E-state index in [2.05, 4.69) is 0 Å². The molecular weight excluding hydrogens is 231 g/mol. The van der Waals surface area contributed by atoms with Crippen molar-refractivity contribution in [3.05, 3.63) is 41.2 Å². The second-order valence-corrected chi connectivity index (χ2v) is 4.78. The molecule has 0 amide bonds. The van der Waals surface area contributed by atoms with Gasteiger partial charge in [0.05, 0.1) is 7.11 Å². The monoisotopic (exact) mass is 244 g/mol. The first kappa shape index (κ1) is 12.7. The third kappa shape index (κ3) is 4.44. The van der Waals surface area contributed by atoms with Crippen molar-refractivity contribution in [3.63, 3.8) is 0 Å². The summed E-state index contributed by atoms with van der Waals surface area (Å²) in [4.78, 5) is 0. The molecule has 0 aliphatic rings. The van der Waals surface area contributed by atoms with Crippen LogP contribution in [0.25, 0.3) is 6.08 Å². The molecule has 1 aromatic carbocycles. The molecule has 0 radical (unpaired) electrons. The number of hydrogen-bond acceptors (Lipinski definition) is 3. The summed E-state index contributed by atoms with van der Waals surface area (Å²) in [5, 5.41) is 0. The van der Waals surface area contributed by atoms with Crippen molar-refractivity contribution in [2.75, 3.05) is 12.9 Å². The Labute approximate surface area is 94.8 Å². The number of rotatable bonds is 4. The highest BCUT2D eigenvalue weighted by atomic mass is 32.3. The third-order valence-corrected chi connectivity index (χ3v) is 2.58. The lowest BCUT2D eigenvalue weighted by Gasteiger charge is -2.03. The predicted octanol–water partition coefficient (Wildman–Crippen LogP) is 2.28. The maximum Gasteiger partial charge on any atom is 0.309 e. The van der Waals surface area contributed by atoms with Crippen LogP contribution in [0.2, 0.25) is 0 Å². The topological polar surface area (TPSA) is 43.4 Å². The van der Waals surface area contributed by atoms with Gasteiger partial charge in [-0.2, -0.15) is 8.42 Å². The molecule has 1 aromatic rings. The first-order valence-electron chi connectivity index (χ1n) is 4.64. The smallest absolute Gasteiger partial charge is 0.309 e. The third-order valence-electron chi connectivity index (χ3n) is 1.95. The molecule has 88 valence electrons. The van der Waals surface area contributed by atoms with E-state index in [-0.39, 0.29) is 5.76 Å². The van der Waals surface area contributed by atoms with Crippen molar-refractivity contribution in [2.45, 2.75) is 6.92 Å². The van der Waals surface area contributed by atoms with Gasteiger partial charge in [0.1, 0.15) is 11.5 Å². The van der Waals surface area contributed by atoms with Crippen molar-refractivity contribution >= 4 is 16.3 Å². The average Bonchev–Trinajstić information content (AvgIpc) is 2.14. The molecule has 0 fully saturated rings. The summed E-state index contributed by atoms with van der Waals surface area (Å²) in [7, 11) is -3.25. The molecule has 0 bridgehead atoms. The van der Waals surface area contributed by atoms with E-state index in [1.165, 1.54) is 13.2 Å². The average molecular weight is 244 g/mol. The van der Waals surface area contributed by atoms with Crippen LogP contribution in [0.5, 0.6) is 0 Å². The van der Waals surface area contributed by atoms with Gasteiger partial charge in [-0.25, -0.2) is 0 Å². The van der Waals surface area contributed by atoms with Crippen LogP contribution >= 0.6 is 0 Å². The molecule has 0 saturated heterocycles. The molecule has 5 heteroatoms. The first-order chi connectivity index (χ1) is 7.40. The number of hydrogen-bond donors (Lipinski definition) is 0. The summed E-state index contributed by atoms with van der Waals surface area (Å²) in [5.74, 6) is -0.662. The Morgan fingerprint density at radius 3 is 2.69 bits per heavy atom. The zero-order chi connectivity index (χ0) is 12.2. The van der Waals surface area contributed by atoms with Crippen molar-refractivity contribution in [2.24, 2.45) is 0 Å². The minimum absolute atomic E-state index is 0.0769. The van der Waals surface area contributed by atoms with Gasteiger partial charge in [0.15, 0.2) is 0 Å². The number of methoxy groups -OCH3 is 1. The Morgan fingerprint density at radius 1 is 1.50 bits per heavy atom. The highest BCUT2D eigenvalue weighted by molar-refractivity contribution is 7.86. The lowest BCUT2D eigenvalue weighted by atomic mass is 10.1. The fourth-order valence-electron chi connectivity index (χ4n) is 1.28. The second-order valence-electron chi connectivity index (χ2n) is 3.41. The minimum Gasteiger partial charge on any atom is -0.500 e. The summed E-state index contributed by atoms with van der Waals surface area (Å²) in [5.41, 5.74) is 1.81. The van der Waals surface area contributed by atoms with Crippen LogP contribution in [0, 0.1) is 6.92 Å². The largest absolute Gasteiger partial charge is 0.500 e. The fourth-order valence-corrected chi connectivity index (χ4v) is 1.82. The Bertz CT molecular complexity index is 492. The molecule has 1 rings (SSSR count). The SMILES string of the molecule is COC(=Cc1cccc(C)c1)CS(=O)(=O)F. The summed E-state index contributed by atoms with van der Waals surface area (Å²) >= 11 is 0. The Balaban J connectivity index is 2.96. The molecule has 0 aromatic heterocycles. The highest BCUT2D eigenvalue weighted by Crippen LogP contribution is 2.12. The summed E-state index contributed by atoms with van der Waals surface area (Å²) in [6.07, 6.45) is 1.50. The molecule has 0 aliphatic carbocycles. The zero-order valence-corrected chi connectivity index (χ0v) is 9.92. The van der Waals surface area contributed by atoms with Crippen LogP contribution in [0.4, 0.5) is 3.89 Å². The Hall–Kier alpha value is -1.36. The van der Waals surface area contributed by atoms with E-state index in [0.717, 1.165) is 11.1 Å². The van der Waals surface area contributed by atoms with Crippen molar-refractivity contribution in [3.8, 4) is 0 Å². The van der Waals surface area contributed by atoms with Gasteiger partial charge >= 0.3 is 10.2 Å². The van der Waals surface area contributed by atoms with E-state index < -0.39 is 16.0 Å². The van der Waals surface area contributed by atoms with E-state index in [1.54, 1.807) is 6.07 Å². The number of benzene rings is 1. The summed E-state index contributed by atoms with van der Waals surface area (Å²) in [6, 6.07) is 7.38. The van der Waals surface area contributed by atoms with Gasteiger partial charge in [-0.15, -0.1) is 3.89 Å². The van der Waals surface area contributed by atoms with Gasteiger partial charge in [0, 0.05) is 0 Å². The summed E-state index contributed by atoms with van der Waals surface area (Å²) in [6.45, 7) is 1.91. The lowest BCUT2D eigenvalue weighted by molar-refractivity contribution is 0.297. The van der Waals surface area contributed by atoms with Crippen LogP contribution in [0.1, 0.15) is 11.1 Å². The number of halogens is 1. The van der Waals surface area contributed by atoms with E-state index in [0.29, 0.717) is 0 Å². The molecule has 0 atom stereocenters. The fraction of sp³-hybridized carbons (Fsp3) is 0.273. The second kappa shape index (κ2) is 5.12. The maximum atomic E-state index is 12.5. The van der Waals surface area contributed by atoms with E-state index >= 15 is 0 Å². The van der Waals surface area contributed by atoms with Crippen LogP contribution in [0.3, 0.4) is 0 Å². The first-order valence-corrected chi connectivity index (χ1v) is 6.19. The van der Waals surface area contributed by atoms with Gasteiger partial charge in [0.2, 0.25) is 0 Å². The molecule has 3 nitrogen and oxygen atoms in total. The van der Waals surface area contributed by atoms with Gasteiger partial charge < -0.3 is 4.74 Å². The Morgan fingerprint density at radius 2 is 2.19 bits per heavy atom. The van der Waals surface area contributed by atoms with Crippen LogP contribution < -0.4 is 0 Å². The van der Waals surface area contributed by atoms with Gasteiger partial charge in [-0.1, -0.05) is 29.8 Å². The lowest BCUT2D eigenvalue weighted by Crippen LogP contribution is -2.03. The van der Waals surface area contributed by atoms with Crippen LogP contribution in [-0.2, 0) is 15.0 Å². The van der Waals surface area contributed by atoms with E-state index in [4.69, 9.17) is 4.74 Å². The van der Waals surface area contributed by atoms with Gasteiger partial charge in [0.25, 0.3) is 0 Å². The van der Waals surface area contributed by atoms with Crippen LogP contribution in [-0.4, -0.2) is 21.3 Å². The summed E-state index contributed by atoms with van der Waals surface area (Å²) < 4.78 is 38.2. The number of aryl methyl sites for hydroxylation is 1. The molecule has 0 saturated carbocycles. The van der Waals surface area contributed by atoms with Gasteiger partial charge in [-0.05, 0) is 18.6 Å². The molecule has 0 unspecified atom stereocenters. The quantitative estimate of drug-likeness (QED) is 0.603. The van der Waals surface area contributed by atoms with E-state index in [9.17, 15) is 12.3 Å². The zero-order valence-electron chi connectivity index (χ0n) is 9.10. The maximum absolute atomic E-state index is 12.5. The van der Waals surface area contributed by atoms with Crippen LogP contribution in [0.15, 0.2) is 30.0 Å². The Kier molecular flexibility index (Phi) is 4.06. The molecule has 0 spiro atoms. The molecular formula is C11H13FO3S. The van der Waals surface area contributed by atoms with Gasteiger partial charge in [-0.3, -0.25) is 0 Å². The van der Waals surface area contributed by atoms with E-state index in [1.807, 2.05) is 25.1 Å². The molecule has 16 heavy (non-hydrogen) atoms. The highest BCUT2D eigenvalue weighted by Gasteiger charge is 2.11. The van der Waals surface area contributed by atoms with Crippen molar-refractivity contribution in [1.82, 2.24) is 0 Å². The number of ether oxygens (including phenoxy) is 1. The standard InChI is InChI=1S/C11H13FO3S/c1-9-4-3-5-10(6-9)7-11(15-2)8-16(12,13)14/h3-7H,8H2,1-2H3. The van der Waals surface area contributed by atoms with Crippen molar-refractivity contribution < 1.29 is 17.0 Å². The molecule has 0 N–H and O–H groups in total. The molecule has 0 aliphatic heterocycles. The predicted molar refractivity (Wildman–Crippen MR) is 61.1 cm³/mol. The van der Waals surface area contributed by atoms with Crippen molar-refractivity contribution in [1.29, 1.82) is 0 Å². The molecule has 0 heterocycles. The minimum atomic E-state index is -4.56. The normalized spacial score (nSPS) is 12.6.